The molecule has 1 heterocycles. The van der Waals surface area contributed by atoms with Crippen molar-refractivity contribution >= 4 is 38.5 Å². The molecule has 100 valence electrons. The summed E-state index contributed by atoms with van der Waals surface area (Å²) >= 11 is 2.17. The number of benzene rings is 1. The molecule has 1 aromatic carbocycles. The lowest BCUT2D eigenvalue weighted by Crippen LogP contribution is -2.41. The van der Waals surface area contributed by atoms with Crippen molar-refractivity contribution in [3.63, 3.8) is 0 Å². The van der Waals surface area contributed by atoms with Crippen LogP contribution in [0.25, 0.3) is 0 Å². The zero-order chi connectivity index (χ0) is 13.2. The summed E-state index contributed by atoms with van der Waals surface area (Å²) in [7, 11) is -3.40. The molecule has 0 bridgehead atoms. The average molecular weight is 380 g/mol. The third-order valence-corrected chi connectivity index (χ3v) is 5.36. The van der Waals surface area contributed by atoms with E-state index < -0.39 is 10.2 Å². The van der Waals surface area contributed by atoms with Gasteiger partial charge in [0, 0.05) is 16.7 Å². The smallest absolute Gasteiger partial charge is 0.271 e. The Morgan fingerprint density at radius 2 is 2.00 bits per heavy atom. The van der Waals surface area contributed by atoms with Crippen LogP contribution in [0, 0.1) is 9.49 Å². The Hall–Kier alpha value is -0.340. The Morgan fingerprint density at radius 3 is 2.61 bits per heavy atom. The maximum atomic E-state index is 12.2. The first-order valence-electron chi connectivity index (χ1n) is 6.01. The van der Waals surface area contributed by atoms with Crippen molar-refractivity contribution in [3.05, 3.63) is 27.8 Å². The molecule has 1 aliphatic rings. The number of hydrogen-bond acceptors (Lipinski definition) is 2. The minimum atomic E-state index is -3.40. The lowest BCUT2D eigenvalue weighted by atomic mass is 10.0. The second-order valence-corrected chi connectivity index (χ2v) is 7.62. The van der Waals surface area contributed by atoms with Gasteiger partial charge in [-0.25, -0.2) is 0 Å². The van der Waals surface area contributed by atoms with E-state index >= 15 is 0 Å². The van der Waals surface area contributed by atoms with Crippen molar-refractivity contribution in [2.75, 3.05) is 17.8 Å². The molecule has 0 unspecified atom stereocenters. The summed E-state index contributed by atoms with van der Waals surface area (Å²) in [5.74, 6) is 0.620. The summed E-state index contributed by atoms with van der Waals surface area (Å²) in [6, 6.07) is 7.37. The predicted molar refractivity (Wildman–Crippen MR) is 81.7 cm³/mol. The molecule has 0 aliphatic carbocycles. The average Bonchev–Trinajstić information content (AvgIpc) is 2.29. The molecule has 6 heteroatoms. The van der Waals surface area contributed by atoms with Gasteiger partial charge in [-0.3, -0.25) is 4.72 Å². The molecule has 1 saturated heterocycles. The van der Waals surface area contributed by atoms with Crippen LogP contribution in [0.4, 0.5) is 5.69 Å². The minimum absolute atomic E-state index is 0.612. The highest BCUT2D eigenvalue weighted by atomic mass is 127. The molecule has 0 saturated carbocycles. The maximum Gasteiger partial charge on any atom is 0.301 e. The maximum absolute atomic E-state index is 12.2. The summed E-state index contributed by atoms with van der Waals surface area (Å²) in [6.45, 7) is 3.39. The molecule has 2 rings (SSSR count). The van der Waals surface area contributed by atoms with Gasteiger partial charge in [0.2, 0.25) is 0 Å². The Balaban J connectivity index is 2.08. The Bertz CT molecular complexity index is 511. The molecule has 0 aromatic heterocycles. The van der Waals surface area contributed by atoms with E-state index in [0.29, 0.717) is 24.7 Å². The first-order valence-corrected chi connectivity index (χ1v) is 8.53. The van der Waals surface area contributed by atoms with Crippen LogP contribution in [0.1, 0.15) is 19.8 Å². The van der Waals surface area contributed by atoms with E-state index in [9.17, 15) is 8.42 Å². The first kappa shape index (κ1) is 14.1. The van der Waals surface area contributed by atoms with E-state index in [1.807, 2.05) is 18.2 Å². The zero-order valence-electron chi connectivity index (χ0n) is 10.3. The first-order chi connectivity index (χ1) is 8.47. The standard InChI is InChI=1S/C12H17IN2O2S/c1-10-5-7-15(8-6-10)18(16,17)14-12-4-2-3-11(13)9-12/h2-4,9-10,14H,5-8H2,1H3. The van der Waals surface area contributed by atoms with Gasteiger partial charge in [-0.2, -0.15) is 12.7 Å². The van der Waals surface area contributed by atoms with Gasteiger partial charge < -0.3 is 0 Å². The van der Waals surface area contributed by atoms with Gasteiger partial charge in [-0.1, -0.05) is 13.0 Å². The number of piperidine rings is 1. The molecule has 1 fully saturated rings. The number of rotatable bonds is 3. The summed E-state index contributed by atoms with van der Waals surface area (Å²) in [6.07, 6.45) is 1.88. The van der Waals surface area contributed by atoms with E-state index in [1.165, 1.54) is 4.31 Å². The monoisotopic (exact) mass is 380 g/mol. The largest absolute Gasteiger partial charge is 0.301 e. The van der Waals surface area contributed by atoms with E-state index in [1.54, 1.807) is 6.07 Å². The third-order valence-electron chi connectivity index (χ3n) is 3.15. The fourth-order valence-corrected chi connectivity index (χ4v) is 3.78. The van der Waals surface area contributed by atoms with E-state index in [2.05, 4.69) is 34.2 Å². The molecule has 4 nitrogen and oxygen atoms in total. The highest BCUT2D eigenvalue weighted by Crippen LogP contribution is 2.21. The van der Waals surface area contributed by atoms with Gasteiger partial charge in [-0.05, 0) is 59.5 Å². The van der Waals surface area contributed by atoms with E-state index in [4.69, 9.17) is 0 Å². The van der Waals surface area contributed by atoms with Crippen LogP contribution < -0.4 is 4.72 Å². The van der Waals surface area contributed by atoms with Crippen LogP contribution in [-0.4, -0.2) is 25.8 Å². The molecular formula is C12H17IN2O2S. The highest BCUT2D eigenvalue weighted by Gasteiger charge is 2.26. The Kier molecular flexibility index (Phi) is 4.50. The van der Waals surface area contributed by atoms with Crippen molar-refractivity contribution in [1.82, 2.24) is 4.31 Å². The van der Waals surface area contributed by atoms with Gasteiger partial charge in [0.1, 0.15) is 0 Å². The number of halogens is 1. The van der Waals surface area contributed by atoms with Gasteiger partial charge in [0.25, 0.3) is 0 Å². The molecule has 18 heavy (non-hydrogen) atoms. The van der Waals surface area contributed by atoms with Crippen molar-refractivity contribution in [2.24, 2.45) is 5.92 Å². The molecule has 0 atom stereocenters. The number of anilines is 1. The summed E-state index contributed by atoms with van der Waals surface area (Å²) in [4.78, 5) is 0. The number of nitrogens with zero attached hydrogens (tertiary/aromatic N) is 1. The fraction of sp³-hybridized carbons (Fsp3) is 0.500. The van der Waals surface area contributed by atoms with Gasteiger partial charge >= 0.3 is 10.2 Å². The molecule has 0 amide bonds. The molecule has 1 aliphatic heterocycles. The van der Waals surface area contributed by atoms with E-state index in [0.717, 1.165) is 16.4 Å². The lowest BCUT2D eigenvalue weighted by Gasteiger charge is -2.29. The van der Waals surface area contributed by atoms with Crippen LogP contribution in [0.5, 0.6) is 0 Å². The number of nitrogens with one attached hydrogen (secondary N) is 1. The molecule has 1 N–H and O–H groups in total. The second kappa shape index (κ2) is 5.75. The third kappa shape index (κ3) is 3.58. The summed E-state index contributed by atoms with van der Waals surface area (Å²) in [5, 5.41) is 0. The minimum Gasteiger partial charge on any atom is -0.271 e. The summed E-state index contributed by atoms with van der Waals surface area (Å²) < 4.78 is 29.6. The summed E-state index contributed by atoms with van der Waals surface area (Å²) in [5.41, 5.74) is 0.625. The fourth-order valence-electron chi connectivity index (χ4n) is 1.99. The van der Waals surface area contributed by atoms with E-state index in [-0.39, 0.29) is 0 Å². The molecule has 1 aromatic rings. The van der Waals surface area contributed by atoms with Crippen molar-refractivity contribution in [1.29, 1.82) is 0 Å². The predicted octanol–water partition coefficient (Wildman–Crippen LogP) is 2.68. The van der Waals surface area contributed by atoms with Crippen LogP contribution in [0.15, 0.2) is 24.3 Å². The van der Waals surface area contributed by atoms with Crippen LogP contribution in [0.3, 0.4) is 0 Å². The lowest BCUT2D eigenvalue weighted by molar-refractivity contribution is 0.289. The normalized spacial score (nSPS) is 18.8. The van der Waals surface area contributed by atoms with Crippen LogP contribution >= 0.6 is 22.6 Å². The Labute approximate surface area is 122 Å². The van der Waals surface area contributed by atoms with Crippen LogP contribution in [-0.2, 0) is 10.2 Å². The van der Waals surface area contributed by atoms with Gasteiger partial charge in [0.05, 0.1) is 5.69 Å². The van der Waals surface area contributed by atoms with Crippen molar-refractivity contribution in [3.8, 4) is 0 Å². The Morgan fingerprint density at radius 1 is 1.33 bits per heavy atom. The molecular weight excluding hydrogens is 363 g/mol. The quantitative estimate of drug-likeness (QED) is 0.820. The topological polar surface area (TPSA) is 49.4 Å². The highest BCUT2D eigenvalue weighted by molar-refractivity contribution is 14.1. The number of hydrogen-bond donors (Lipinski definition) is 1. The zero-order valence-corrected chi connectivity index (χ0v) is 13.2. The second-order valence-electron chi connectivity index (χ2n) is 4.70. The SMILES string of the molecule is CC1CCN(S(=O)(=O)Nc2cccc(I)c2)CC1. The van der Waals surface area contributed by atoms with Gasteiger partial charge in [-0.15, -0.1) is 0 Å². The van der Waals surface area contributed by atoms with Crippen molar-refractivity contribution in [2.45, 2.75) is 19.8 Å². The van der Waals surface area contributed by atoms with Gasteiger partial charge in [0.15, 0.2) is 0 Å². The molecule has 0 spiro atoms. The van der Waals surface area contributed by atoms with Crippen LogP contribution in [0.2, 0.25) is 0 Å². The molecule has 0 radical (unpaired) electrons. The van der Waals surface area contributed by atoms with Crippen molar-refractivity contribution < 1.29 is 8.42 Å².